The van der Waals surface area contributed by atoms with Crippen molar-refractivity contribution in [2.24, 2.45) is 5.73 Å². The zero-order chi connectivity index (χ0) is 11.4. The van der Waals surface area contributed by atoms with Gasteiger partial charge in [0.05, 0.1) is 24.0 Å². The number of hydrogen-bond donors (Lipinski definition) is 1. The largest absolute Gasteiger partial charge is 0.336 e. The highest BCUT2D eigenvalue weighted by atomic mass is 16.2. The average molecular weight is 208 g/mol. The predicted molar refractivity (Wildman–Crippen MR) is 56.9 cm³/mol. The molecule has 0 aliphatic heterocycles. The predicted octanol–water partition coefficient (Wildman–Crippen LogP) is 0.343. The Bertz CT molecular complexity index is 325. The van der Waals surface area contributed by atoms with E-state index in [1.165, 1.54) is 0 Å². The second-order valence-corrected chi connectivity index (χ2v) is 3.54. The van der Waals surface area contributed by atoms with Crippen LogP contribution in [-0.2, 0) is 4.79 Å². The second kappa shape index (κ2) is 4.84. The summed E-state index contributed by atoms with van der Waals surface area (Å²) in [5, 5.41) is 0. The highest BCUT2D eigenvalue weighted by Gasteiger charge is 2.20. The van der Waals surface area contributed by atoms with Crippen LogP contribution in [0.5, 0.6) is 0 Å². The summed E-state index contributed by atoms with van der Waals surface area (Å²) in [7, 11) is 1.71. The van der Waals surface area contributed by atoms with Crippen molar-refractivity contribution in [3.63, 3.8) is 0 Å². The summed E-state index contributed by atoms with van der Waals surface area (Å²) >= 11 is 0. The number of hydrogen-bond acceptors (Lipinski definition) is 4. The summed E-state index contributed by atoms with van der Waals surface area (Å²) in [4.78, 5) is 21.3. The average Bonchev–Trinajstić information content (AvgIpc) is 2.27. The third kappa shape index (κ3) is 2.73. The lowest BCUT2D eigenvalue weighted by molar-refractivity contribution is -0.132. The van der Waals surface area contributed by atoms with Crippen molar-refractivity contribution in [2.45, 2.75) is 25.9 Å². The minimum atomic E-state index is -0.492. The van der Waals surface area contributed by atoms with E-state index >= 15 is 0 Å². The van der Waals surface area contributed by atoms with Crippen LogP contribution in [0.2, 0.25) is 0 Å². The minimum Gasteiger partial charge on any atom is -0.336 e. The van der Waals surface area contributed by atoms with E-state index in [0.717, 1.165) is 5.69 Å². The first-order chi connectivity index (χ1) is 7.04. The van der Waals surface area contributed by atoms with Gasteiger partial charge < -0.3 is 10.6 Å². The van der Waals surface area contributed by atoms with E-state index in [2.05, 4.69) is 9.97 Å². The molecule has 5 heteroatoms. The van der Waals surface area contributed by atoms with Crippen LogP contribution in [-0.4, -0.2) is 33.9 Å². The summed E-state index contributed by atoms with van der Waals surface area (Å²) in [5.41, 5.74) is 6.28. The molecule has 0 aromatic carbocycles. The number of aromatic nitrogens is 2. The standard InChI is InChI=1S/C10H16N4O/c1-7(11)10(15)14(3)8(2)9-6-12-4-5-13-9/h4-8H,11H2,1-3H3/t7-,8-/m0/s1. The molecular weight excluding hydrogens is 192 g/mol. The molecule has 1 rings (SSSR count). The maximum absolute atomic E-state index is 11.6. The van der Waals surface area contributed by atoms with Crippen molar-refractivity contribution in [3.8, 4) is 0 Å². The molecule has 0 fully saturated rings. The Hall–Kier alpha value is -1.49. The van der Waals surface area contributed by atoms with Gasteiger partial charge in [-0.3, -0.25) is 14.8 Å². The molecule has 0 unspecified atom stereocenters. The fourth-order valence-electron chi connectivity index (χ4n) is 1.24. The fourth-order valence-corrected chi connectivity index (χ4v) is 1.24. The number of nitrogens with two attached hydrogens (primary N) is 1. The van der Waals surface area contributed by atoms with Gasteiger partial charge in [-0.1, -0.05) is 0 Å². The molecule has 82 valence electrons. The number of carbonyl (C=O) groups excluding carboxylic acids is 1. The van der Waals surface area contributed by atoms with Crippen LogP contribution in [0.3, 0.4) is 0 Å². The SMILES string of the molecule is C[C@H](N)C(=O)N(C)[C@@H](C)c1cnccn1. The second-order valence-electron chi connectivity index (χ2n) is 3.54. The van der Waals surface area contributed by atoms with Crippen molar-refractivity contribution >= 4 is 5.91 Å². The molecular formula is C10H16N4O. The van der Waals surface area contributed by atoms with Crippen molar-refractivity contribution in [1.29, 1.82) is 0 Å². The summed E-state index contributed by atoms with van der Waals surface area (Å²) in [5.74, 6) is -0.104. The number of rotatable bonds is 3. The van der Waals surface area contributed by atoms with Gasteiger partial charge in [0.2, 0.25) is 5.91 Å². The van der Waals surface area contributed by atoms with Crippen molar-refractivity contribution in [2.75, 3.05) is 7.05 Å². The minimum absolute atomic E-state index is 0.104. The molecule has 0 aliphatic carbocycles. The first-order valence-electron chi connectivity index (χ1n) is 4.82. The Morgan fingerprint density at radius 2 is 2.13 bits per heavy atom. The normalized spacial score (nSPS) is 14.4. The molecule has 0 radical (unpaired) electrons. The van der Waals surface area contributed by atoms with E-state index in [-0.39, 0.29) is 11.9 Å². The molecule has 1 heterocycles. The highest BCUT2D eigenvalue weighted by Crippen LogP contribution is 2.15. The van der Waals surface area contributed by atoms with Gasteiger partial charge in [-0.2, -0.15) is 0 Å². The van der Waals surface area contributed by atoms with Crippen LogP contribution in [0.25, 0.3) is 0 Å². The first kappa shape index (κ1) is 11.6. The van der Waals surface area contributed by atoms with Gasteiger partial charge in [0, 0.05) is 19.4 Å². The van der Waals surface area contributed by atoms with Crippen LogP contribution in [0.1, 0.15) is 25.6 Å². The lowest BCUT2D eigenvalue weighted by Crippen LogP contribution is -2.41. The van der Waals surface area contributed by atoms with E-state index in [1.54, 1.807) is 37.5 Å². The van der Waals surface area contributed by atoms with Gasteiger partial charge in [0.25, 0.3) is 0 Å². The summed E-state index contributed by atoms with van der Waals surface area (Å²) < 4.78 is 0. The zero-order valence-corrected chi connectivity index (χ0v) is 9.21. The first-order valence-corrected chi connectivity index (χ1v) is 4.82. The zero-order valence-electron chi connectivity index (χ0n) is 9.21. The fraction of sp³-hybridized carbons (Fsp3) is 0.500. The van der Waals surface area contributed by atoms with E-state index < -0.39 is 6.04 Å². The molecule has 1 aromatic heterocycles. The number of carbonyl (C=O) groups is 1. The molecule has 0 saturated heterocycles. The molecule has 2 N–H and O–H groups in total. The van der Waals surface area contributed by atoms with E-state index in [0.29, 0.717) is 0 Å². The highest BCUT2D eigenvalue weighted by molar-refractivity contribution is 5.81. The number of nitrogens with zero attached hydrogens (tertiary/aromatic N) is 3. The van der Waals surface area contributed by atoms with Crippen molar-refractivity contribution in [3.05, 3.63) is 24.3 Å². The van der Waals surface area contributed by atoms with E-state index in [1.807, 2.05) is 6.92 Å². The van der Waals surface area contributed by atoms with E-state index in [9.17, 15) is 4.79 Å². The van der Waals surface area contributed by atoms with Crippen LogP contribution in [0, 0.1) is 0 Å². The Morgan fingerprint density at radius 3 is 2.60 bits per heavy atom. The van der Waals surface area contributed by atoms with Crippen LogP contribution >= 0.6 is 0 Å². The molecule has 2 atom stereocenters. The summed E-state index contributed by atoms with van der Waals surface area (Å²) in [6.45, 7) is 3.56. The molecule has 0 spiro atoms. The molecule has 0 bridgehead atoms. The Labute approximate surface area is 89.3 Å². The van der Waals surface area contributed by atoms with Crippen LogP contribution < -0.4 is 5.73 Å². The Morgan fingerprint density at radius 1 is 1.47 bits per heavy atom. The quantitative estimate of drug-likeness (QED) is 0.777. The summed E-state index contributed by atoms with van der Waals surface area (Å²) in [6, 6.07) is -0.605. The number of amides is 1. The van der Waals surface area contributed by atoms with Gasteiger partial charge in [-0.05, 0) is 13.8 Å². The van der Waals surface area contributed by atoms with Gasteiger partial charge >= 0.3 is 0 Å². The molecule has 5 nitrogen and oxygen atoms in total. The maximum atomic E-state index is 11.6. The molecule has 1 aromatic rings. The Balaban J connectivity index is 2.77. The van der Waals surface area contributed by atoms with Crippen LogP contribution in [0.4, 0.5) is 0 Å². The van der Waals surface area contributed by atoms with Gasteiger partial charge in [-0.15, -0.1) is 0 Å². The summed E-state index contributed by atoms with van der Waals surface area (Å²) in [6.07, 6.45) is 4.86. The van der Waals surface area contributed by atoms with Crippen LogP contribution in [0.15, 0.2) is 18.6 Å². The number of likely N-dealkylation sites (N-methyl/N-ethyl adjacent to an activating group) is 1. The molecule has 15 heavy (non-hydrogen) atoms. The van der Waals surface area contributed by atoms with Gasteiger partial charge in [0.1, 0.15) is 0 Å². The maximum Gasteiger partial charge on any atom is 0.239 e. The van der Waals surface area contributed by atoms with E-state index in [4.69, 9.17) is 5.73 Å². The molecule has 1 amide bonds. The molecule has 0 saturated carbocycles. The van der Waals surface area contributed by atoms with Gasteiger partial charge in [0.15, 0.2) is 0 Å². The third-order valence-corrected chi connectivity index (χ3v) is 2.33. The monoisotopic (exact) mass is 208 g/mol. The lowest BCUT2D eigenvalue weighted by atomic mass is 10.2. The van der Waals surface area contributed by atoms with Crippen molar-refractivity contribution in [1.82, 2.24) is 14.9 Å². The Kier molecular flexibility index (Phi) is 3.74. The lowest BCUT2D eigenvalue weighted by Gasteiger charge is -2.25. The smallest absolute Gasteiger partial charge is 0.239 e. The van der Waals surface area contributed by atoms with Gasteiger partial charge in [-0.25, -0.2) is 0 Å². The van der Waals surface area contributed by atoms with Crippen molar-refractivity contribution < 1.29 is 4.79 Å². The topological polar surface area (TPSA) is 72.1 Å². The molecule has 0 aliphatic rings. The third-order valence-electron chi connectivity index (χ3n) is 2.33.